The average Bonchev–Trinajstić information content (AvgIpc) is 3.03. The van der Waals surface area contributed by atoms with E-state index in [4.69, 9.17) is 9.47 Å². The molecule has 8 heteroatoms. The van der Waals surface area contributed by atoms with Gasteiger partial charge in [-0.25, -0.2) is 4.79 Å². The summed E-state index contributed by atoms with van der Waals surface area (Å²) in [5.74, 6) is 0.910. The number of carbonyl (C=O) groups is 2. The molecule has 0 aromatic heterocycles. The van der Waals surface area contributed by atoms with Crippen molar-refractivity contribution in [2.75, 3.05) is 44.1 Å². The molecule has 3 amide bonds. The van der Waals surface area contributed by atoms with Gasteiger partial charge in [-0.1, -0.05) is 15.9 Å². The lowest BCUT2D eigenvalue weighted by Crippen LogP contribution is -2.37. The van der Waals surface area contributed by atoms with Crippen molar-refractivity contribution in [1.29, 1.82) is 0 Å². The predicted octanol–water partition coefficient (Wildman–Crippen LogP) is 3.35. The predicted molar refractivity (Wildman–Crippen MR) is 107 cm³/mol. The van der Waals surface area contributed by atoms with Crippen LogP contribution in [0.1, 0.15) is 0 Å². The van der Waals surface area contributed by atoms with E-state index < -0.39 is 0 Å². The van der Waals surface area contributed by atoms with Crippen molar-refractivity contribution in [1.82, 2.24) is 4.90 Å². The summed E-state index contributed by atoms with van der Waals surface area (Å²) in [4.78, 5) is 28.1. The first-order chi connectivity index (χ1) is 13.0. The molecule has 142 valence electrons. The van der Waals surface area contributed by atoms with Gasteiger partial charge in [-0.15, -0.1) is 0 Å². The number of amides is 3. The zero-order valence-corrected chi connectivity index (χ0v) is 16.7. The van der Waals surface area contributed by atoms with Gasteiger partial charge in [0.25, 0.3) is 0 Å². The first-order valence-electron chi connectivity index (χ1n) is 8.35. The first kappa shape index (κ1) is 19.0. The van der Waals surface area contributed by atoms with Crippen LogP contribution in [-0.4, -0.2) is 50.7 Å². The van der Waals surface area contributed by atoms with Gasteiger partial charge in [-0.05, 0) is 36.4 Å². The number of carbonyl (C=O) groups excluding carboxylic acids is 2. The Morgan fingerprint density at radius 3 is 2.44 bits per heavy atom. The molecule has 1 N–H and O–H groups in total. The Morgan fingerprint density at radius 2 is 1.78 bits per heavy atom. The molecule has 1 aliphatic heterocycles. The van der Waals surface area contributed by atoms with E-state index in [1.165, 1.54) is 4.90 Å². The molecule has 0 atom stereocenters. The highest BCUT2D eigenvalue weighted by atomic mass is 79.9. The number of hydrogen-bond donors (Lipinski definition) is 1. The molecule has 3 rings (SSSR count). The first-order valence-corrected chi connectivity index (χ1v) is 9.15. The molecule has 0 spiro atoms. The summed E-state index contributed by atoms with van der Waals surface area (Å²) in [5, 5.41) is 2.80. The molecule has 1 heterocycles. The van der Waals surface area contributed by atoms with Crippen LogP contribution in [0.2, 0.25) is 0 Å². The van der Waals surface area contributed by atoms with E-state index in [0.29, 0.717) is 36.0 Å². The van der Waals surface area contributed by atoms with Crippen molar-refractivity contribution >= 4 is 39.2 Å². The molecule has 0 radical (unpaired) electrons. The number of benzene rings is 2. The fourth-order valence-electron chi connectivity index (χ4n) is 2.87. The van der Waals surface area contributed by atoms with E-state index >= 15 is 0 Å². The van der Waals surface area contributed by atoms with Crippen LogP contribution in [0.5, 0.6) is 11.5 Å². The highest BCUT2D eigenvalue weighted by Gasteiger charge is 2.31. The molecule has 2 aromatic rings. The smallest absolute Gasteiger partial charge is 0.325 e. The van der Waals surface area contributed by atoms with Gasteiger partial charge in [-0.2, -0.15) is 0 Å². The molecule has 7 nitrogen and oxygen atoms in total. The minimum absolute atomic E-state index is 0.00130. The molecular weight excluding hydrogens is 414 g/mol. The molecule has 0 unspecified atom stereocenters. The lowest BCUT2D eigenvalue weighted by Gasteiger charge is -2.19. The summed E-state index contributed by atoms with van der Waals surface area (Å²) in [7, 11) is 3.11. The van der Waals surface area contributed by atoms with Crippen molar-refractivity contribution in [2.45, 2.75) is 0 Å². The number of nitrogens with zero attached hydrogens (tertiary/aromatic N) is 2. The van der Waals surface area contributed by atoms with Gasteiger partial charge in [-0.3, -0.25) is 9.69 Å². The second-order valence-corrected chi connectivity index (χ2v) is 6.87. The zero-order chi connectivity index (χ0) is 19.4. The molecule has 0 aliphatic carbocycles. The van der Waals surface area contributed by atoms with Crippen molar-refractivity contribution in [3.8, 4) is 11.5 Å². The van der Waals surface area contributed by atoms with Crippen LogP contribution < -0.4 is 19.7 Å². The van der Waals surface area contributed by atoms with Gasteiger partial charge >= 0.3 is 6.03 Å². The summed E-state index contributed by atoms with van der Waals surface area (Å²) in [5.41, 5.74) is 1.39. The van der Waals surface area contributed by atoms with Crippen molar-refractivity contribution < 1.29 is 19.1 Å². The number of urea groups is 1. The summed E-state index contributed by atoms with van der Waals surface area (Å²) in [6, 6.07) is 12.4. The maximum atomic E-state index is 12.7. The number of anilines is 2. The normalized spacial score (nSPS) is 13.7. The van der Waals surface area contributed by atoms with E-state index in [0.717, 1.165) is 4.47 Å². The number of hydrogen-bond acceptors (Lipinski definition) is 4. The van der Waals surface area contributed by atoms with Crippen LogP contribution in [0.3, 0.4) is 0 Å². The summed E-state index contributed by atoms with van der Waals surface area (Å²) in [6.07, 6.45) is 0. The highest BCUT2D eigenvalue weighted by Crippen LogP contribution is 2.32. The maximum absolute atomic E-state index is 12.7. The van der Waals surface area contributed by atoms with E-state index in [1.807, 2.05) is 12.1 Å². The largest absolute Gasteiger partial charge is 0.493 e. The van der Waals surface area contributed by atoms with Gasteiger partial charge in [0, 0.05) is 35.0 Å². The summed E-state index contributed by atoms with van der Waals surface area (Å²) >= 11 is 3.35. The molecule has 27 heavy (non-hydrogen) atoms. The average molecular weight is 434 g/mol. The highest BCUT2D eigenvalue weighted by molar-refractivity contribution is 9.10. The second kappa shape index (κ2) is 8.30. The van der Waals surface area contributed by atoms with Crippen LogP contribution in [0.15, 0.2) is 46.9 Å². The monoisotopic (exact) mass is 433 g/mol. The van der Waals surface area contributed by atoms with Gasteiger partial charge in [0.15, 0.2) is 11.5 Å². The standard InChI is InChI=1S/C19H20BrN3O4/c1-26-16-8-7-15(11-17(16)27-2)23-10-9-22(19(23)25)12-18(24)21-14-5-3-13(20)4-6-14/h3-8,11H,9-10,12H2,1-2H3,(H,21,24). The third-order valence-corrected chi connectivity index (χ3v) is 4.76. The lowest BCUT2D eigenvalue weighted by atomic mass is 10.2. The Bertz CT molecular complexity index is 841. The fraction of sp³-hybridized carbons (Fsp3) is 0.263. The molecule has 1 fully saturated rings. The molecule has 1 saturated heterocycles. The Morgan fingerprint density at radius 1 is 1.07 bits per heavy atom. The number of ether oxygens (including phenoxy) is 2. The minimum atomic E-state index is -0.236. The van der Waals surface area contributed by atoms with Gasteiger partial charge in [0.1, 0.15) is 6.54 Å². The Balaban J connectivity index is 1.64. The van der Waals surface area contributed by atoms with Crippen molar-refractivity contribution in [3.05, 3.63) is 46.9 Å². The van der Waals surface area contributed by atoms with Crippen LogP contribution in [0, 0.1) is 0 Å². The van der Waals surface area contributed by atoms with Crippen molar-refractivity contribution in [2.24, 2.45) is 0 Å². The fourth-order valence-corrected chi connectivity index (χ4v) is 3.13. The number of halogens is 1. The van der Waals surface area contributed by atoms with Crippen molar-refractivity contribution in [3.63, 3.8) is 0 Å². The number of rotatable bonds is 6. The Hall–Kier alpha value is -2.74. The molecule has 0 bridgehead atoms. The van der Waals surface area contributed by atoms with E-state index in [9.17, 15) is 9.59 Å². The third-order valence-electron chi connectivity index (χ3n) is 4.24. The minimum Gasteiger partial charge on any atom is -0.493 e. The molecule has 1 aliphatic rings. The number of nitrogens with one attached hydrogen (secondary N) is 1. The van der Waals surface area contributed by atoms with E-state index in [1.54, 1.807) is 49.5 Å². The van der Waals surface area contributed by atoms with Gasteiger partial charge in [0.05, 0.1) is 14.2 Å². The lowest BCUT2D eigenvalue weighted by molar-refractivity contribution is -0.116. The molecular formula is C19H20BrN3O4. The summed E-state index contributed by atoms with van der Waals surface area (Å²) in [6.45, 7) is 0.972. The van der Waals surface area contributed by atoms with Gasteiger partial charge in [0.2, 0.25) is 5.91 Å². The SMILES string of the molecule is COc1ccc(N2CCN(CC(=O)Nc3ccc(Br)cc3)C2=O)cc1OC. The summed E-state index contributed by atoms with van der Waals surface area (Å²) < 4.78 is 11.4. The molecule has 2 aromatic carbocycles. The Labute approximate surface area is 166 Å². The topological polar surface area (TPSA) is 71.1 Å². The van der Waals surface area contributed by atoms with E-state index in [2.05, 4.69) is 21.2 Å². The maximum Gasteiger partial charge on any atom is 0.325 e. The zero-order valence-electron chi connectivity index (χ0n) is 15.1. The van der Waals surface area contributed by atoms with E-state index in [-0.39, 0.29) is 18.5 Å². The van der Waals surface area contributed by atoms with Crippen LogP contribution in [0.25, 0.3) is 0 Å². The Kier molecular flexibility index (Phi) is 5.85. The van der Waals surface area contributed by atoms with Crippen LogP contribution in [-0.2, 0) is 4.79 Å². The quantitative estimate of drug-likeness (QED) is 0.757. The van der Waals surface area contributed by atoms with Gasteiger partial charge < -0.3 is 19.7 Å². The van der Waals surface area contributed by atoms with Crippen LogP contribution in [0.4, 0.5) is 16.2 Å². The van der Waals surface area contributed by atoms with Crippen LogP contribution >= 0.6 is 15.9 Å². The second-order valence-electron chi connectivity index (χ2n) is 5.95. The number of methoxy groups -OCH3 is 2. The molecule has 0 saturated carbocycles. The third kappa shape index (κ3) is 4.33.